The van der Waals surface area contributed by atoms with Crippen molar-refractivity contribution in [2.75, 3.05) is 59.5 Å². The van der Waals surface area contributed by atoms with Crippen LogP contribution in [0.15, 0.2) is 0 Å². The molecule has 2 saturated heterocycles. The molecule has 0 bridgehead atoms. The van der Waals surface area contributed by atoms with E-state index in [1.807, 2.05) is 4.90 Å². The van der Waals surface area contributed by atoms with Crippen LogP contribution < -0.4 is 5.73 Å². The van der Waals surface area contributed by atoms with E-state index in [1.165, 1.54) is 0 Å². The summed E-state index contributed by atoms with van der Waals surface area (Å²) < 4.78 is 4.94. The van der Waals surface area contributed by atoms with Crippen LogP contribution in [0.3, 0.4) is 0 Å². The number of carbonyl (C=O) groups excluding carboxylic acids is 2. The van der Waals surface area contributed by atoms with Gasteiger partial charge in [-0.15, -0.1) is 0 Å². The molecule has 0 aliphatic carbocycles. The highest BCUT2D eigenvalue weighted by Crippen LogP contribution is 2.10. The maximum absolute atomic E-state index is 12.2. The van der Waals surface area contributed by atoms with Gasteiger partial charge in [0.2, 0.25) is 11.8 Å². The highest BCUT2D eigenvalue weighted by atomic mass is 16.5. The lowest BCUT2D eigenvalue weighted by Gasteiger charge is -2.25. The van der Waals surface area contributed by atoms with E-state index < -0.39 is 6.04 Å². The molecule has 126 valence electrons. The van der Waals surface area contributed by atoms with Gasteiger partial charge in [-0.2, -0.15) is 0 Å². The summed E-state index contributed by atoms with van der Waals surface area (Å²) in [5, 5.41) is 0. The van der Waals surface area contributed by atoms with Gasteiger partial charge in [0.1, 0.15) is 6.04 Å². The maximum atomic E-state index is 12.2. The zero-order chi connectivity index (χ0) is 15.9. The summed E-state index contributed by atoms with van der Waals surface area (Å²) in [5.41, 5.74) is 5.82. The Bertz CT molecular complexity index is 385. The van der Waals surface area contributed by atoms with Gasteiger partial charge in [0.15, 0.2) is 0 Å². The summed E-state index contributed by atoms with van der Waals surface area (Å²) >= 11 is 0. The molecule has 2 aliphatic rings. The molecular formula is C15H28N4O3. The Balaban J connectivity index is 1.79. The number of hydrogen-bond acceptors (Lipinski definition) is 5. The van der Waals surface area contributed by atoms with E-state index in [9.17, 15) is 9.59 Å². The average Bonchev–Trinajstić information content (AvgIpc) is 2.95. The first kappa shape index (κ1) is 17.2. The Kier molecular flexibility index (Phi) is 6.60. The molecular weight excluding hydrogens is 284 g/mol. The van der Waals surface area contributed by atoms with Gasteiger partial charge in [-0.25, -0.2) is 0 Å². The molecule has 0 radical (unpaired) electrons. The minimum Gasteiger partial charge on any atom is -0.383 e. The number of amides is 2. The SMILES string of the molecule is COCC(N)C(=O)N1CCCN(CC(=O)N2CCCC2)CC1. The number of ether oxygens (including phenoxy) is 1. The second-order valence-electron chi connectivity index (χ2n) is 6.10. The van der Waals surface area contributed by atoms with Crippen LogP contribution in [0.4, 0.5) is 0 Å². The summed E-state index contributed by atoms with van der Waals surface area (Å²) in [6.07, 6.45) is 3.11. The lowest BCUT2D eigenvalue weighted by atomic mass is 10.2. The first-order valence-corrected chi connectivity index (χ1v) is 8.15. The fourth-order valence-electron chi connectivity index (χ4n) is 3.09. The average molecular weight is 312 g/mol. The number of methoxy groups -OCH3 is 1. The van der Waals surface area contributed by atoms with Crippen molar-refractivity contribution in [2.24, 2.45) is 5.73 Å². The van der Waals surface area contributed by atoms with E-state index in [0.717, 1.165) is 45.4 Å². The Morgan fingerprint density at radius 2 is 1.68 bits per heavy atom. The second kappa shape index (κ2) is 8.45. The molecule has 2 aliphatic heterocycles. The van der Waals surface area contributed by atoms with Crippen molar-refractivity contribution in [2.45, 2.75) is 25.3 Å². The van der Waals surface area contributed by atoms with Gasteiger partial charge >= 0.3 is 0 Å². The molecule has 0 aromatic heterocycles. The van der Waals surface area contributed by atoms with Crippen LogP contribution >= 0.6 is 0 Å². The highest BCUT2D eigenvalue weighted by Gasteiger charge is 2.25. The predicted octanol–water partition coefficient (Wildman–Crippen LogP) is -0.883. The van der Waals surface area contributed by atoms with Crippen molar-refractivity contribution in [1.82, 2.24) is 14.7 Å². The molecule has 7 nitrogen and oxygen atoms in total. The van der Waals surface area contributed by atoms with Crippen LogP contribution in [0, 0.1) is 0 Å². The van der Waals surface area contributed by atoms with Crippen LogP contribution in [0.1, 0.15) is 19.3 Å². The Morgan fingerprint density at radius 1 is 1.00 bits per heavy atom. The third-order valence-electron chi connectivity index (χ3n) is 4.38. The third kappa shape index (κ3) is 4.66. The smallest absolute Gasteiger partial charge is 0.241 e. The van der Waals surface area contributed by atoms with Crippen molar-refractivity contribution in [3.8, 4) is 0 Å². The Labute approximate surface area is 132 Å². The minimum atomic E-state index is -0.595. The summed E-state index contributed by atoms with van der Waals surface area (Å²) in [6.45, 7) is 5.40. The molecule has 2 fully saturated rings. The van der Waals surface area contributed by atoms with Crippen LogP contribution in [-0.2, 0) is 14.3 Å². The predicted molar refractivity (Wildman–Crippen MR) is 83.3 cm³/mol. The van der Waals surface area contributed by atoms with Gasteiger partial charge < -0.3 is 20.3 Å². The third-order valence-corrected chi connectivity index (χ3v) is 4.38. The molecule has 1 atom stereocenters. The van der Waals surface area contributed by atoms with E-state index in [2.05, 4.69) is 4.90 Å². The number of nitrogens with two attached hydrogens (primary N) is 1. The monoisotopic (exact) mass is 312 g/mol. The van der Waals surface area contributed by atoms with Gasteiger partial charge in [-0.1, -0.05) is 0 Å². The van der Waals surface area contributed by atoms with Crippen LogP contribution in [0.2, 0.25) is 0 Å². The number of rotatable bonds is 5. The largest absolute Gasteiger partial charge is 0.383 e. The highest BCUT2D eigenvalue weighted by molar-refractivity contribution is 5.82. The van der Waals surface area contributed by atoms with Gasteiger partial charge in [0, 0.05) is 46.4 Å². The van der Waals surface area contributed by atoms with Gasteiger partial charge in [-0.3, -0.25) is 14.5 Å². The summed E-state index contributed by atoms with van der Waals surface area (Å²) in [7, 11) is 1.54. The van der Waals surface area contributed by atoms with Crippen molar-refractivity contribution >= 4 is 11.8 Å². The lowest BCUT2D eigenvalue weighted by molar-refractivity contribution is -0.133. The zero-order valence-electron chi connectivity index (χ0n) is 13.5. The fourth-order valence-corrected chi connectivity index (χ4v) is 3.09. The van der Waals surface area contributed by atoms with E-state index in [0.29, 0.717) is 19.6 Å². The van der Waals surface area contributed by atoms with Crippen LogP contribution in [0.25, 0.3) is 0 Å². The molecule has 2 rings (SSSR count). The number of carbonyl (C=O) groups is 2. The topological polar surface area (TPSA) is 79.1 Å². The Morgan fingerprint density at radius 3 is 2.36 bits per heavy atom. The first-order chi connectivity index (χ1) is 10.6. The van der Waals surface area contributed by atoms with Gasteiger partial charge in [0.05, 0.1) is 13.2 Å². The Hall–Kier alpha value is -1.18. The zero-order valence-corrected chi connectivity index (χ0v) is 13.5. The van der Waals surface area contributed by atoms with Gasteiger partial charge in [-0.05, 0) is 19.3 Å². The molecule has 22 heavy (non-hydrogen) atoms. The summed E-state index contributed by atoms with van der Waals surface area (Å²) in [6, 6.07) is -0.595. The van der Waals surface area contributed by atoms with Crippen molar-refractivity contribution in [3.63, 3.8) is 0 Å². The van der Waals surface area contributed by atoms with Gasteiger partial charge in [0.25, 0.3) is 0 Å². The van der Waals surface area contributed by atoms with E-state index >= 15 is 0 Å². The molecule has 1 unspecified atom stereocenters. The molecule has 0 aromatic carbocycles. The summed E-state index contributed by atoms with van der Waals surface area (Å²) in [5.74, 6) is 0.155. The van der Waals surface area contributed by atoms with Crippen LogP contribution in [-0.4, -0.2) is 92.1 Å². The number of likely N-dealkylation sites (tertiary alicyclic amines) is 1. The quantitative estimate of drug-likeness (QED) is 0.713. The summed E-state index contributed by atoms with van der Waals surface area (Å²) in [4.78, 5) is 30.3. The molecule has 2 amide bonds. The van der Waals surface area contributed by atoms with Crippen molar-refractivity contribution in [3.05, 3.63) is 0 Å². The molecule has 0 aromatic rings. The maximum Gasteiger partial charge on any atom is 0.241 e. The first-order valence-electron chi connectivity index (χ1n) is 8.15. The number of hydrogen-bond donors (Lipinski definition) is 1. The minimum absolute atomic E-state index is 0.0606. The van der Waals surface area contributed by atoms with Crippen molar-refractivity contribution < 1.29 is 14.3 Å². The molecule has 2 N–H and O–H groups in total. The normalized spacial score (nSPS) is 21.7. The molecule has 2 heterocycles. The van der Waals surface area contributed by atoms with E-state index in [1.54, 1.807) is 12.0 Å². The fraction of sp³-hybridized carbons (Fsp3) is 0.867. The standard InChI is InChI=1S/C15H28N4O3/c1-22-12-13(16)15(21)19-8-4-5-17(9-10-19)11-14(20)18-6-2-3-7-18/h13H,2-12,16H2,1H3. The van der Waals surface area contributed by atoms with E-state index in [-0.39, 0.29) is 18.4 Å². The van der Waals surface area contributed by atoms with E-state index in [4.69, 9.17) is 10.5 Å². The second-order valence-corrected chi connectivity index (χ2v) is 6.10. The molecule has 0 spiro atoms. The molecule has 0 saturated carbocycles. The molecule has 7 heteroatoms. The lowest BCUT2D eigenvalue weighted by Crippen LogP contribution is -2.47. The number of nitrogens with zero attached hydrogens (tertiary/aromatic N) is 3. The van der Waals surface area contributed by atoms with Crippen molar-refractivity contribution in [1.29, 1.82) is 0 Å². The van der Waals surface area contributed by atoms with Crippen LogP contribution in [0.5, 0.6) is 0 Å².